The predicted molar refractivity (Wildman–Crippen MR) is 49.6 cm³/mol. The van der Waals surface area contributed by atoms with E-state index in [0.717, 1.165) is 0 Å². The van der Waals surface area contributed by atoms with Crippen LogP contribution in [0, 0.1) is 0 Å². The highest BCUT2D eigenvalue weighted by Gasteiger charge is 1.99. The number of thiazole rings is 1. The number of aromatic nitrogens is 1. The van der Waals surface area contributed by atoms with Gasteiger partial charge < -0.3 is 5.32 Å². The fraction of sp³-hybridized carbons (Fsp3) is 0.200. The molecule has 0 radical (unpaired) electrons. The molecule has 1 heterocycles. The Hall–Kier alpha value is -0.170. The van der Waals surface area contributed by atoms with E-state index < -0.39 is 0 Å². The summed E-state index contributed by atoms with van der Waals surface area (Å²) in [5, 5.41) is 5.12. The van der Waals surface area contributed by atoms with Crippen molar-refractivity contribution in [2.45, 2.75) is 0 Å². The monoisotopic (exact) mass is 268 g/mol. The highest BCUT2D eigenvalue weighted by atomic mass is 127. The first-order valence-corrected chi connectivity index (χ1v) is 4.99. The van der Waals surface area contributed by atoms with Crippen molar-refractivity contribution < 1.29 is 4.79 Å². The fourth-order valence-corrected chi connectivity index (χ4v) is 1.17. The van der Waals surface area contributed by atoms with E-state index in [4.69, 9.17) is 0 Å². The van der Waals surface area contributed by atoms with Gasteiger partial charge in [-0.1, -0.05) is 22.6 Å². The van der Waals surface area contributed by atoms with Crippen LogP contribution in [0.1, 0.15) is 0 Å². The standard InChI is InChI=1S/C5H5IN2OS/c6-3-4(9)8-5-7-1-2-10-5/h1-2H,3H2,(H,7,8,9). The van der Waals surface area contributed by atoms with E-state index in [1.807, 2.05) is 28.0 Å². The van der Waals surface area contributed by atoms with Gasteiger partial charge in [-0.3, -0.25) is 4.79 Å². The number of carbonyl (C=O) groups is 1. The summed E-state index contributed by atoms with van der Waals surface area (Å²) in [5.41, 5.74) is 0. The first-order valence-electron chi connectivity index (χ1n) is 2.58. The fourth-order valence-electron chi connectivity index (χ4n) is 0.438. The number of hydrogen-bond donors (Lipinski definition) is 1. The van der Waals surface area contributed by atoms with Gasteiger partial charge in [-0.25, -0.2) is 4.98 Å². The third-order valence-corrected chi connectivity index (χ3v) is 2.18. The molecule has 0 saturated carbocycles. The summed E-state index contributed by atoms with van der Waals surface area (Å²) in [4.78, 5) is 14.6. The summed E-state index contributed by atoms with van der Waals surface area (Å²) in [6, 6.07) is 0. The van der Waals surface area contributed by atoms with Gasteiger partial charge in [0, 0.05) is 11.6 Å². The summed E-state index contributed by atoms with van der Waals surface area (Å²) >= 11 is 3.42. The first-order chi connectivity index (χ1) is 4.83. The van der Waals surface area contributed by atoms with Crippen LogP contribution in [0.15, 0.2) is 11.6 Å². The number of amides is 1. The molecular formula is C5H5IN2OS. The van der Waals surface area contributed by atoms with Gasteiger partial charge in [-0.2, -0.15) is 0 Å². The Morgan fingerprint density at radius 2 is 2.70 bits per heavy atom. The quantitative estimate of drug-likeness (QED) is 0.652. The Morgan fingerprint density at radius 3 is 3.20 bits per heavy atom. The molecule has 0 fully saturated rings. The van der Waals surface area contributed by atoms with Crippen LogP contribution in [0.25, 0.3) is 0 Å². The molecule has 5 heteroatoms. The van der Waals surface area contributed by atoms with Crippen molar-refractivity contribution >= 4 is 45.0 Å². The lowest BCUT2D eigenvalue weighted by Gasteiger charge is -1.94. The number of carbonyl (C=O) groups excluding carboxylic acids is 1. The molecule has 0 aliphatic heterocycles. The SMILES string of the molecule is O=C(CI)Nc1nccs1. The van der Waals surface area contributed by atoms with Gasteiger partial charge in [-0.05, 0) is 0 Å². The Balaban J connectivity index is 2.48. The predicted octanol–water partition coefficient (Wildman–Crippen LogP) is 1.52. The number of anilines is 1. The van der Waals surface area contributed by atoms with Crippen LogP contribution >= 0.6 is 33.9 Å². The van der Waals surface area contributed by atoms with Crippen LogP contribution < -0.4 is 5.32 Å². The molecule has 1 rings (SSSR count). The average molecular weight is 268 g/mol. The van der Waals surface area contributed by atoms with Crippen molar-refractivity contribution in [3.05, 3.63) is 11.6 Å². The molecule has 1 amide bonds. The van der Waals surface area contributed by atoms with E-state index in [9.17, 15) is 4.79 Å². The number of nitrogens with zero attached hydrogens (tertiary/aromatic N) is 1. The lowest BCUT2D eigenvalue weighted by Crippen LogP contribution is -2.11. The van der Waals surface area contributed by atoms with Gasteiger partial charge >= 0.3 is 0 Å². The van der Waals surface area contributed by atoms with Gasteiger partial charge in [0.1, 0.15) is 0 Å². The molecule has 1 aromatic heterocycles. The van der Waals surface area contributed by atoms with Crippen molar-refractivity contribution in [3.8, 4) is 0 Å². The van der Waals surface area contributed by atoms with E-state index in [1.165, 1.54) is 11.3 Å². The number of halogens is 1. The van der Waals surface area contributed by atoms with Crippen LogP contribution in [0.4, 0.5) is 5.13 Å². The molecule has 0 bridgehead atoms. The van der Waals surface area contributed by atoms with Gasteiger partial charge in [0.05, 0.1) is 4.43 Å². The summed E-state index contributed by atoms with van der Waals surface area (Å²) in [6.07, 6.45) is 1.66. The van der Waals surface area contributed by atoms with E-state index >= 15 is 0 Å². The van der Waals surface area contributed by atoms with Gasteiger partial charge in [-0.15, -0.1) is 11.3 Å². The number of rotatable bonds is 2. The van der Waals surface area contributed by atoms with Gasteiger partial charge in [0.2, 0.25) is 5.91 Å². The Labute approximate surface area is 76.0 Å². The first kappa shape index (κ1) is 7.93. The van der Waals surface area contributed by atoms with Crippen molar-refractivity contribution in [2.75, 3.05) is 9.74 Å². The number of hydrogen-bond acceptors (Lipinski definition) is 3. The number of nitrogens with one attached hydrogen (secondary N) is 1. The topological polar surface area (TPSA) is 42.0 Å². The molecule has 0 aliphatic rings. The largest absolute Gasteiger partial charge is 0.301 e. The number of alkyl halides is 1. The van der Waals surface area contributed by atoms with Gasteiger partial charge in [0.15, 0.2) is 5.13 Å². The molecule has 1 N–H and O–H groups in total. The molecule has 0 atom stereocenters. The summed E-state index contributed by atoms with van der Waals surface area (Å²) in [6.45, 7) is 0. The zero-order valence-electron chi connectivity index (χ0n) is 5.00. The van der Waals surface area contributed by atoms with E-state index in [1.54, 1.807) is 6.20 Å². The normalized spacial score (nSPS) is 9.30. The lowest BCUT2D eigenvalue weighted by molar-refractivity contribution is -0.113. The molecular weight excluding hydrogens is 263 g/mol. The maximum atomic E-state index is 10.7. The van der Waals surface area contributed by atoms with Gasteiger partial charge in [0.25, 0.3) is 0 Å². The summed E-state index contributed by atoms with van der Waals surface area (Å²) in [5.74, 6) is -0.00412. The van der Waals surface area contributed by atoms with Crippen LogP contribution in [0.5, 0.6) is 0 Å². The Kier molecular flexibility index (Phi) is 3.07. The van der Waals surface area contributed by atoms with Crippen molar-refractivity contribution in [1.29, 1.82) is 0 Å². The second-order valence-corrected chi connectivity index (χ2v) is 3.18. The molecule has 10 heavy (non-hydrogen) atoms. The lowest BCUT2D eigenvalue weighted by atomic mass is 10.7. The maximum absolute atomic E-state index is 10.7. The van der Waals surface area contributed by atoms with E-state index in [-0.39, 0.29) is 5.91 Å². The third kappa shape index (κ3) is 2.22. The van der Waals surface area contributed by atoms with Crippen LogP contribution in [0.3, 0.4) is 0 Å². The zero-order chi connectivity index (χ0) is 7.40. The van der Waals surface area contributed by atoms with Crippen LogP contribution in [0.2, 0.25) is 0 Å². The molecule has 0 unspecified atom stereocenters. The maximum Gasteiger partial charge on any atom is 0.235 e. The Morgan fingerprint density at radius 1 is 1.90 bits per heavy atom. The molecule has 0 spiro atoms. The highest BCUT2D eigenvalue weighted by molar-refractivity contribution is 14.1. The zero-order valence-corrected chi connectivity index (χ0v) is 7.98. The van der Waals surface area contributed by atoms with Crippen LogP contribution in [-0.2, 0) is 4.79 Å². The molecule has 0 saturated heterocycles. The molecule has 54 valence electrons. The van der Waals surface area contributed by atoms with E-state index in [0.29, 0.717) is 9.56 Å². The average Bonchev–Trinajstić information content (AvgIpc) is 2.40. The van der Waals surface area contributed by atoms with Crippen molar-refractivity contribution in [2.24, 2.45) is 0 Å². The second-order valence-electron chi connectivity index (χ2n) is 1.52. The Bertz CT molecular complexity index is 211. The van der Waals surface area contributed by atoms with Crippen LogP contribution in [-0.4, -0.2) is 15.3 Å². The molecule has 0 aromatic carbocycles. The van der Waals surface area contributed by atoms with Crippen molar-refractivity contribution in [1.82, 2.24) is 4.98 Å². The smallest absolute Gasteiger partial charge is 0.235 e. The molecule has 1 aromatic rings. The minimum absolute atomic E-state index is 0.00412. The summed E-state index contributed by atoms with van der Waals surface area (Å²) in [7, 11) is 0. The third-order valence-electron chi connectivity index (χ3n) is 0.800. The summed E-state index contributed by atoms with van der Waals surface area (Å²) < 4.78 is 0.470. The molecule has 0 aliphatic carbocycles. The van der Waals surface area contributed by atoms with E-state index in [2.05, 4.69) is 10.3 Å². The highest BCUT2D eigenvalue weighted by Crippen LogP contribution is 2.09. The molecule has 3 nitrogen and oxygen atoms in total. The second kappa shape index (κ2) is 3.87. The minimum atomic E-state index is -0.00412. The minimum Gasteiger partial charge on any atom is -0.301 e. The van der Waals surface area contributed by atoms with Crippen molar-refractivity contribution in [3.63, 3.8) is 0 Å².